The summed E-state index contributed by atoms with van der Waals surface area (Å²) in [5, 5.41) is 6.25. The smallest absolute Gasteiger partial charge is 0.271 e. The highest BCUT2D eigenvalue weighted by molar-refractivity contribution is 5.99. The molecule has 1 fully saturated rings. The summed E-state index contributed by atoms with van der Waals surface area (Å²) >= 11 is 0. The number of hydrogen-bond acceptors (Lipinski definition) is 3. The lowest BCUT2D eigenvalue weighted by Gasteiger charge is -2.17. The Morgan fingerprint density at radius 1 is 0.923 bits per heavy atom. The van der Waals surface area contributed by atoms with Gasteiger partial charge in [-0.15, -0.1) is 0 Å². The van der Waals surface area contributed by atoms with Crippen LogP contribution >= 0.6 is 0 Å². The minimum Gasteiger partial charge on any atom is -0.372 e. The number of carbonyl (C=O) groups excluding carboxylic acids is 1. The van der Waals surface area contributed by atoms with Crippen LogP contribution in [0.1, 0.15) is 28.8 Å². The summed E-state index contributed by atoms with van der Waals surface area (Å²) in [4.78, 5) is 14.7. The summed E-state index contributed by atoms with van der Waals surface area (Å²) in [6.45, 7) is 2.27. The van der Waals surface area contributed by atoms with Gasteiger partial charge in [-0.25, -0.2) is 5.43 Å². The molecule has 4 nitrogen and oxygen atoms in total. The number of hydrazone groups is 1. The van der Waals surface area contributed by atoms with E-state index in [1.54, 1.807) is 6.21 Å². The molecule has 26 heavy (non-hydrogen) atoms. The summed E-state index contributed by atoms with van der Waals surface area (Å²) in [6.07, 6.45) is 4.21. The molecule has 1 aliphatic heterocycles. The van der Waals surface area contributed by atoms with E-state index in [1.807, 2.05) is 54.6 Å². The molecule has 4 rings (SSSR count). The monoisotopic (exact) mass is 343 g/mol. The first-order valence-corrected chi connectivity index (χ1v) is 8.97. The number of nitrogens with one attached hydrogen (secondary N) is 1. The number of carbonyl (C=O) groups is 1. The van der Waals surface area contributed by atoms with Crippen molar-refractivity contribution >= 4 is 28.6 Å². The van der Waals surface area contributed by atoms with Crippen LogP contribution in [0.4, 0.5) is 5.69 Å². The van der Waals surface area contributed by atoms with Gasteiger partial charge in [0.05, 0.1) is 6.21 Å². The topological polar surface area (TPSA) is 44.7 Å². The van der Waals surface area contributed by atoms with Crippen LogP contribution < -0.4 is 10.3 Å². The Hall–Kier alpha value is -3.14. The average molecular weight is 343 g/mol. The molecule has 0 atom stereocenters. The van der Waals surface area contributed by atoms with E-state index in [0.717, 1.165) is 29.4 Å². The lowest BCUT2D eigenvalue weighted by molar-refractivity contribution is 0.0955. The highest BCUT2D eigenvalue weighted by Gasteiger charge is 2.11. The van der Waals surface area contributed by atoms with Gasteiger partial charge in [0.2, 0.25) is 0 Å². The van der Waals surface area contributed by atoms with E-state index in [4.69, 9.17) is 0 Å². The first-order valence-electron chi connectivity index (χ1n) is 8.97. The summed E-state index contributed by atoms with van der Waals surface area (Å²) in [6, 6.07) is 21.9. The molecule has 1 N–H and O–H groups in total. The molecule has 1 aliphatic rings. The van der Waals surface area contributed by atoms with Gasteiger partial charge in [-0.2, -0.15) is 5.10 Å². The van der Waals surface area contributed by atoms with Gasteiger partial charge in [0.1, 0.15) is 0 Å². The van der Waals surface area contributed by atoms with Crippen molar-refractivity contribution in [1.29, 1.82) is 0 Å². The number of fused-ring (bicyclic) bond motifs is 1. The van der Waals surface area contributed by atoms with Crippen LogP contribution in [0.5, 0.6) is 0 Å². The Morgan fingerprint density at radius 2 is 1.65 bits per heavy atom. The minimum atomic E-state index is -0.208. The van der Waals surface area contributed by atoms with Gasteiger partial charge in [0, 0.05) is 24.3 Å². The van der Waals surface area contributed by atoms with Crippen LogP contribution in [-0.4, -0.2) is 25.2 Å². The van der Waals surface area contributed by atoms with Gasteiger partial charge >= 0.3 is 0 Å². The Labute approximate surface area is 153 Å². The Kier molecular flexibility index (Phi) is 4.65. The summed E-state index contributed by atoms with van der Waals surface area (Å²) in [7, 11) is 0. The predicted molar refractivity (Wildman–Crippen MR) is 107 cm³/mol. The fraction of sp³-hybridized carbons (Fsp3) is 0.182. The SMILES string of the molecule is O=C(N/N=C\c1ccc(N2CCCC2)cc1)c1ccc2ccccc2c1. The van der Waals surface area contributed by atoms with E-state index in [-0.39, 0.29) is 5.91 Å². The molecular weight excluding hydrogens is 322 g/mol. The van der Waals surface area contributed by atoms with Gasteiger partial charge in [0.25, 0.3) is 5.91 Å². The first kappa shape index (κ1) is 16.3. The maximum atomic E-state index is 12.3. The van der Waals surface area contributed by atoms with Gasteiger partial charge in [0.15, 0.2) is 0 Å². The third kappa shape index (κ3) is 3.59. The van der Waals surface area contributed by atoms with E-state index in [1.165, 1.54) is 18.5 Å². The molecule has 4 heteroatoms. The molecule has 1 saturated heterocycles. The molecule has 0 spiro atoms. The quantitative estimate of drug-likeness (QED) is 0.570. The van der Waals surface area contributed by atoms with Crippen LogP contribution in [0.2, 0.25) is 0 Å². The van der Waals surface area contributed by atoms with Gasteiger partial charge in [-0.3, -0.25) is 4.79 Å². The summed E-state index contributed by atoms with van der Waals surface area (Å²) in [5.41, 5.74) is 5.42. The zero-order valence-corrected chi connectivity index (χ0v) is 14.6. The van der Waals surface area contributed by atoms with Crippen molar-refractivity contribution in [3.8, 4) is 0 Å². The van der Waals surface area contributed by atoms with E-state index in [9.17, 15) is 4.79 Å². The van der Waals surface area contributed by atoms with Gasteiger partial charge in [-0.05, 0) is 53.4 Å². The maximum absolute atomic E-state index is 12.3. The second-order valence-electron chi connectivity index (χ2n) is 6.55. The summed E-state index contributed by atoms with van der Waals surface area (Å²) in [5.74, 6) is -0.208. The zero-order chi connectivity index (χ0) is 17.8. The molecule has 130 valence electrons. The molecule has 0 aromatic heterocycles. The van der Waals surface area contributed by atoms with Crippen molar-refractivity contribution in [3.63, 3.8) is 0 Å². The lowest BCUT2D eigenvalue weighted by Crippen LogP contribution is -2.18. The number of benzene rings is 3. The standard InChI is InChI=1S/C22H21N3O/c26-22(20-10-9-18-5-1-2-6-19(18)15-20)24-23-16-17-7-11-21(12-8-17)25-13-3-4-14-25/h1-2,5-12,15-16H,3-4,13-14H2,(H,24,26)/b23-16-. The Bertz CT molecular complexity index is 941. The number of hydrogen-bond donors (Lipinski definition) is 1. The highest BCUT2D eigenvalue weighted by atomic mass is 16.2. The lowest BCUT2D eigenvalue weighted by atomic mass is 10.1. The van der Waals surface area contributed by atoms with Crippen molar-refractivity contribution in [3.05, 3.63) is 77.9 Å². The first-order chi connectivity index (χ1) is 12.8. The van der Waals surface area contributed by atoms with Gasteiger partial charge in [-0.1, -0.05) is 42.5 Å². The molecule has 3 aromatic carbocycles. The van der Waals surface area contributed by atoms with E-state index in [0.29, 0.717) is 5.56 Å². The number of amides is 1. The second-order valence-corrected chi connectivity index (χ2v) is 6.55. The van der Waals surface area contributed by atoms with Crippen molar-refractivity contribution in [2.75, 3.05) is 18.0 Å². The number of anilines is 1. The third-order valence-electron chi connectivity index (χ3n) is 4.76. The van der Waals surface area contributed by atoms with E-state index < -0.39 is 0 Å². The number of rotatable bonds is 4. The van der Waals surface area contributed by atoms with Crippen molar-refractivity contribution in [2.24, 2.45) is 5.10 Å². The van der Waals surface area contributed by atoms with Crippen LogP contribution in [-0.2, 0) is 0 Å². The zero-order valence-electron chi connectivity index (χ0n) is 14.6. The summed E-state index contributed by atoms with van der Waals surface area (Å²) < 4.78 is 0. The van der Waals surface area contributed by atoms with Crippen molar-refractivity contribution in [1.82, 2.24) is 5.43 Å². The van der Waals surface area contributed by atoms with Crippen LogP contribution in [0, 0.1) is 0 Å². The highest BCUT2D eigenvalue weighted by Crippen LogP contribution is 2.20. The molecule has 0 bridgehead atoms. The van der Waals surface area contributed by atoms with Crippen LogP contribution in [0.15, 0.2) is 71.8 Å². The maximum Gasteiger partial charge on any atom is 0.271 e. The van der Waals surface area contributed by atoms with Crippen LogP contribution in [0.3, 0.4) is 0 Å². The average Bonchev–Trinajstić information content (AvgIpc) is 3.23. The van der Waals surface area contributed by atoms with Gasteiger partial charge < -0.3 is 4.90 Å². The molecule has 0 aliphatic carbocycles. The largest absolute Gasteiger partial charge is 0.372 e. The van der Waals surface area contributed by atoms with E-state index in [2.05, 4.69) is 27.6 Å². The van der Waals surface area contributed by atoms with Crippen LogP contribution in [0.25, 0.3) is 10.8 Å². The van der Waals surface area contributed by atoms with E-state index >= 15 is 0 Å². The number of nitrogens with zero attached hydrogens (tertiary/aromatic N) is 2. The molecular formula is C22H21N3O. The van der Waals surface area contributed by atoms with Crippen molar-refractivity contribution in [2.45, 2.75) is 12.8 Å². The fourth-order valence-corrected chi connectivity index (χ4v) is 3.31. The molecule has 1 heterocycles. The molecule has 3 aromatic rings. The minimum absolute atomic E-state index is 0.208. The Balaban J connectivity index is 1.39. The third-order valence-corrected chi connectivity index (χ3v) is 4.76. The molecule has 0 unspecified atom stereocenters. The Morgan fingerprint density at radius 3 is 2.42 bits per heavy atom. The molecule has 0 radical (unpaired) electrons. The second kappa shape index (κ2) is 7.40. The predicted octanol–water partition coefficient (Wildman–Crippen LogP) is 4.20. The van der Waals surface area contributed by atoms with Crippen molar-refractivity contribution < 1.29 is 4.79 Å². The normalized spacial score (nSPS) is 14.2. The molecule has 0 saturated carbocycles. The fourth-order valence-electron chi connectivity index (χ4n) is 3.31. The molecule has 1 amide bonds.